The van der Waals surface area contributed by atoms with E-state index in [1.54, 1.807) is 67.0 Å². The lowest BCUT2D eigenvalue weighted by Crippen LogP contribution is -2.29. The normalized spacial score (nSPS) is 16.6. The van der Waals surface area contributed by atoms with Gasteiger partial charge in [0, 0.05) is 29.5 Å². The number of ether oxygens (including phenoxy) is 1. The second kappa shape index (κ2) is 10.9. The van der Waals surface area contributed by atoms with Gasteiger partial charge in [-0.2, -0.15) is 0 Å². The fraction of sp³-hybridized carbons (Fsp3) is 0.129. The Morgan fingerprint density at radius 1 is 1.00 bits per heavy atom. The third-order valence-electron chi connectivity index (χ3n) is 6.56. The van der Waals surface area contributed by atoms with Crippen LogP contribution in [0.1, 0.15) is 33.9 Å². The highest BCUT2D eigenvalue weighted by atomic mass is 35.5. The summed E-state index contributed by atoms with van der Waals surface area (Å²) in [5.41, 5.74) is 4.01. The molecule has 0 radical (unpaired) electrons. The van der Waals surface area contributed by atoms with E-state index in [1.165, 1.54) is 4.90 Å². The van der Waals surface area contributed by atoms with Crippen LogP contribution in [0.5, 0.6) is 5.75 Å². The van der Waals surface area contributed by atoms with E-state index in [9.17, 15) is 14.7 Å². The summed E-state index contributed by atoms with van der Waals surface area (Å²) in [6, 6.07) is 24.5. The molecule has 0 bridgehead atoms. The molecule has 3 aromatic carbocycles. The fourth-order valence-corrected chi connectivity index (χ4v) is 4.75. The summed E-state index contributed by atoms with van der Waals surface area (Å²) < 4.78 is 5.91. The Hall–Kier alpha value is -4.42. The van der Waals surface area contributed by atoms with Crippen LogP contribution in [0.25, 0.3) is 5.76 Å². The van der Waals surface area contributed by atoms with Gasteiger partial charge in [0.2, 0.25) is 0 Å². The molecule has 1 atom stereocenters. The Kier molecular flexibility index (Phi) is 7.24. The highest BCUT2D eigenvalue weighted by molar-refractivity contribution is 6.46. The number of carbonyl (C=O) groups excluding carboxylic acids is 2. The van der Waals surface area contributed by atoms with Crippen molar-refractivity contribution in [2.45, 2.75) is 26.1 Å². The maximum atomic E-state index is 13.3. The van der Waals surface area contributed by atoms with Crippen LogP contribution in [0.4, 0.5) is 0 Å². The number of carbonyl (C=O) groups is 2. The van der Waals surface area contributed by atoms with Crippen molar-refractivity contribution >= 4 is 29.1 Å². The first kappa shape index (κ1) is 25.2. The van der Waals surface area contributed by atoms with Crippen LogP contribution in [0.2, 0.25) is 5.02 Å². The topological polar surface area (TPSA) is 79.7 Å². The molecule has 5 rings (SSSR count). The summed E-state index contributed by atoms with van der Waals surface area (Å²) in [5.74, 6) is -1.09. The molecule has 6 nitrogen and oxygen atoms in total. The van der Waals surface area contributed by atoms with Gasteiger partial charge in [-0.1, -0.05) is 54.1 Å². The largest absolute Gasteiger partial charge is 0.507 e. The second-order valence-corrected chi connectivity index (χ2v) is 9.52. The number of rotatable bonds is 7. The number of amides is 1. The van der Waals surface area contributed by atoms with Crippen molar-refractivity contribution in [3.05, 3.63) is 136 Å². The maximum absolute atomic E-state index is 13.3. The molecule has 7 heteroatoms. The minimum atomic E-state index is -0.814. The van der Waals surface area contributed by atoms with Gasteiger partial charge >= 0.3 is 0 Å². The van der Waals surface area contributed by atoms with Crippen LogP contribution in [0.3, 0.4) is 0 Å². The molecule has 38 heavy (non-hydrogen) atoms. The van der Waals surface area contributed by atoms with Gasteiger partial charge in [-0.25, -0.2) is 0 Å². The average Bonchev–Trinajstić information content (AvgIpc) is 3.18. The van der Waals surface area contributed by atoms with Crippen molar-refractivity contribution < 1.29 is 19.4 Å². The number of hydrogen-bond donors (Lipinski definition) is 1. The number of aliphatic hydroxyl groups excluding tert-OH is 1. The predicted octanol–water partition coefficient (Wildman–Crippen LogP) is 6.24. The Balaban J connectivity index is 1.48. The molecular weight excluding hydrogens is 500 g/mol. The lowest BCUT2D eigenvalue weighted by Gasteiger charge is -2.25. The summed E-state index contributed by atoms with van der Waals surface area (Å²) in [4.78, 5) is 32.0. The zero-order chi connectivity index (χ0) is 26.6. The number of likely N-dealkylation sites (tertiary alicyclic amines) is 1. The van der Waals surface area contributed by atoms with Gasteiger partial charge in [0.1, 0.15) is 18.1 Å². The van der Waals surface area contributed by atoms with Crippen LogP contribution in [0.15, 0.2) is 103 Å². The van der Waals surface area contributed by atoms with E-state index in [-0.39, 0.29) is 17.9 Å². The molecule has 1 aromatic heterocycles. The monoisotopic (exact) mass is 524 g/mol. The van der Waals surface area contributed by atoms with Crippen molar-refractivity contribution in [2.75, 3.05) is 0 Å². The first-order chi connectivity index (χ1) is 18.4. The third-order valence-corrected chi connectivity index (χ3v) is 6.80. The molecule has 1 aliphatic rings. The number of pyridine rings is 1. The number of hydrogen-bond acceptors (Lipinski definition) is 5. The zero-order valence-electron chi connectivity index (χ0n) is 20.7. The number of nitrogens with zero attached hydrogens (tertiary/aromatic N) is 2. The van der Waals surface area contributed by atoms with E-state index in [4.69, 9.17) is 16.3 Å². The van der Waals surface area contributed by atoms with Crippen molar-refractivity contribution in [3.8, 4) is 5.75 Å². The van der Waals surface area contributed by atoms with Gasteiger partial charge in [-0.05, 0) is 71.6 Å². The summed E-state index contributed by atoms with van der Waals surface area (Å²) >= 11 is 6.26. The number of aryl methyl sites for hydroxylation is 1. The second-order valence-electron chi connectivity index (χ2n) is 9.08. The van der Waals surface area contributed by atoms with Crippen molar-refractivity contribution in [2.24, 2.45) is 0 Å². The van der Waals surface area contributed by atoms with E-state index < -0.39 is 17.7 Å². The maximum Gasteiger partial charge on any atom is 0.295 e. The summed E-state index contributed by atoms with van der Waals surface area (Å²) in [7, 11) is 0. The minimum Gasteiger partial charge on any atom is -0.507 e. The van der Waals surface area contributed by atoms with Crippen LogP contribution >= 0.6 is 11.6 Å². The molecule has 1 N–H and O–H groups in total. The molecule has 0 aliphatic carbocycles. The van der Waals surface area contributed by atoms with Crippen LogP contribution < -0.4 is 4.74 Å². The number of aliphatic hydroxyl groups is 1. The summed E-state index contributed by atoms with van der Waals surface area (Å²) in [5, 5.41) is 11.8. The van der Waals surface area contributed by atoms with Crippen LogP contribution in [-0.4, -0.2) is 26.7 Å². The fourth-order valence-electron chi connectivity index (χ4n) is 4.55. The van der Waals surface area contributed by atoms with Gasteiger partial charge in [0.15, 0.2) is 0 Å². The molecular formula is C31H25ClN2O4. The standard InChI is InChI=1S/C31H25ClN2O4/c1-20-6-2-3-8-24(20)19-38-26-13-11-22(12-14-26)29(35)27-28(23-9-4-10-25(32)16-23)34(31(37)30(27)36)18-21-7-5-15-33-17-21/h2-17,28,35H,18-19H2,1H3. The molecule has 0 saturated carbocycles. The molecule has 0 spiro atoms. The number of benzene rings is 3. The Morgan fingerprint density at radius 2 is 1.79 bits per heavy atom. The third kappa shape index (κ3) is 5.17. The molecule has 1 unspecified atom stereocenters. The highest BCUT2D eigenvalue weighted by Gasteiger charge is 2.46. The Bertz CT molecular complexity index is 1520. The molecule has 1 fully saturated rings. The number of Topliss-reactive ketones (excluding diaryl/α,β-unsaturated/α-hetero) is 1. The minimum absolute atomic E-state index is 0.00901. The lowest BCUT2D eigenvalue weighted by molar-refractivity contribution is -0.140. The Labute approximate surface area is 225 Å². The highest BCUT2D eigenvalue weighted by Crippen LogP contribution is 2.41. The van der Waals surface area contributed by atoms with E-state index in [1.807, 2.05) is 37.3 Å². The Morgan fingerprint density at radius 3 is 2.50 bits per heavy atom. The average molecular weight is 525 g/mol. The first-order valence-electron chi connectivity index (χ1n) is 12.1. The molecule has 2 heterocycles. The van der Waals surface area contributed by atoms with Crippen molar-refractivity contribution in [3.63, 3.8) is 0 Å². The van der Waals surface area contributed by atoms with E-state index >= 15 is 0 Å². The zero-order valence-corrected chi connectivity index (χ0v) is 21.4. The molecule has 4 aromatic rings. The molecule has 190 valence electrons. The van der Waals surface area contributed by atoms with Gasteiger partial charge in [-0.3, -0.25) is 14.6 Å². The van der Waals surface area contributed by atoms with Gasteiger partial charge in [0.05, 0.1) is 11.6 Å². The molecule has 1 saturated heterocycles. The molecule has 1 amide bonds. The van der Waals surface area contributed by atoms with Gasteiger partial charge < -0.3 is 14.7 Å². The predicted molar refractivity (Wildman–Crippen MR) is 145 cm³/mol. The number of ketones is 1. The number of halogens is 1. The van der Waals surface area contributed by atoms with Crippen molar-refractivity contribution in [1.82, 2.24) is 9.88 Å². The van der Waals surface area contributed by atoms with E-state index in [2.05, 4.69) is 4.98 Å². The van der Waals surface area contributed by atoms with Crippen LogP contribution in [-0.2, 0) is 22.7 Å². The van der Waals surface area contributed by atoms with Gasteiger partial charge in [0.25, 0.3) is 11.7 Å². The van der Waals surface area contributed by atoms with E-state index in [0.29, 0.717) is 28.5 Å². The SMILES string of the molecule is Cc1ccccc1COc1ccc(C(O)=C2C(=O)C(=O)N(Cc3cccnc3)C2c2cccc(Cl)c2)cc1. The summed E-state index contributed by atoms with van der Waals surface area (Å²) in [6.45, 7) is 2.59. The number of aromatic nitrogens is 1. The van der Waals surface area contributed by atoms with Gasteiger partial charge in [-0.15, -0.1) is 0 Å². The van der Waals surface area contributed by atoms with Crippen LogP contribution in [0, 0.1) is 6.92 Å². The quantitative estimate of drug-likeness (QED) is 0.176. The summed E-state index contributed by atoms with van der Waals surface area (Å²) in [6.07, 6.45) is 3.28. The van der Waals surface area contributed by atoms with E-state index in [0.717, 1.165) is 16.7 Å². The smallest absolute Gasteiger partial charge is 0.295 e. The van der Waals surface area contributed by atoms with Crippen molar-refractivity contribution in [1.29, 1.82) is 0 Å². The lowest BCUT2D eigenvalue weighted by atomic mass is 9.95. The molecule has 1 aliphatic heterocycles. The first-order valence-corrected chi connectivity index (χ1v) is 12.5.